The Labute approximate surface area is 137 Å². The van der Waals surface area contributed by atoms with Crippen molar-refractivity contribution in [3.05, 3.63) is 28.8 Å². The first-order valence-corrected chi connectivity index (χ1v) is 9.52. The van der Waals surface area contributed by atoms with Crippen molar-refractivity contribution in [1.82, 2.24) is 14.5 Å². The van der Waals surface area contributed by atoms with Crippen LogP contribution in [0.3, 0.4) is 0 Å². The Morgan fingerprint density at radius 2 is 1.95 bits per heavy atom. The molecular formula is C15H22ClN3O2S. The van der Waals surface area contributed by atoms with Crippen LogP contribution < -0.4 is 5.32 Å². The Morgan fingerprint density at radius 3 is 2.59 bits per heavy atom. The van der Waals surface area contributed by atoms with E-state index in [0.717, 1.165) is 32.6 Å². The second-order valence-electron chi connectivity index (χ2n) is 5.95. The maximum absolute atomic E-state index is 12.8. The largest absolute Gasteiger partial charge is 0.315 e. The maximum Gasteiger partial charge on any atom is 0.243 e. The number of hydrogen-bond donors (Lipinski definition) is 1. The summed E-state index contributed by atoms with van der Waals surface area (Å²) in [5.74, 6) is 0. The van der Waals surface area contributed by atoms with E-state index in [9.17, 15) is 8.42 Å². The van der Waals surface area contributed by atoms with Crippen LogP contribution in [-0.2, 0) is 10.0 Å². The molecule has 0 bridgehead atoms. The molecule has 0 amide bonds. The Morgan fingerprint density at radius 1 is 1.23 bits per heavy atom. The second-order valence-corrected chi connectivity index (χ2v) is 8.26. The third-order valence-corrected chi connectivity index (χ3v) is 7.11. The molecule has 0 spiro atoms. The van der Waals surface area contributed by atoms with Crippen molar-refractivity contribution >= 4 is 21.6 Å². The van der Waals surface area contributed by atoms with E-state index in [0.29, 0.717) is 34.6 Å². The van der Waals surface area contributed by atoms with Crippen molar-refractivity contribution in [2.24, 2.45) is 0 Å². The molecule has 5 nitrogen and oxygen atoms in total. The fourth-order valence-corrected chi connectivity index (χ4v) is 5.17. The van der Waals surface area contributed by atoms with Crippen LogP contribution >= 0.6 is 11.6 Å². The highest BCUT2D eigenvalue weighted by Crippen LogP contribution is 2.26. The molecular weight excluding hydrogens is 322 g/mol. The lowest BCUT2D eigenvalue weighted by Crippen LogP contribution is -2.52. The molecule has 0 radical (unpaired) electrons. The van der Waals surface area contributed by atoms with Crippen LogP contribution in [0.1, 0.15) is 12.0 Å². The van der Waals surface area contributed by atoms with Gasteiger partial charge in [-0.1, -0.05) is 17.7 Å². The molecule has 2 heterocycles. The first kappa shape index (κ1) is 16.2. The molecule has 2 aliphatic rings. The molecule has 1 unspecified atom stereocenters. The normalized spacial score (nSPS) is 24.7. The first-order valence-electron chi connectivity index (χ1n) is 7.70. The van der Waals surface area contributed by atoms with E-state index in [1.165, 1.54) is 0 Å². The number of hydrogen-bond acceptors (Lipinski definition) is 4. The van der Waals surface area contributed by atoms with Crippen LogP contribution in [0.4, 0.5) is 0 Å². The van der Waals surface area contributed by atoms with Crippen molar-refractivity contribution in [2.75, 3.05) is 39.3 Å². The van der Waals surface area contributed by atoms with Crippen molar-refractivity contribution in [2.45, 2.75) is 24.3 Å². The lowest BCUT2D eigenvalue weighted by Gasteiger charge is -2.37. The summed E-state index contributed by atoms with van der Waals surface area (Å²) in [4.78, 5) is 2.73. The van der Waals surface area contributed by atoms with Gasteiger partial charge in [-0.05, 0) is 37.6 Å². The van der Waals surface area contributed by atoms with E-state index in [1.54, 1.807) is 29.4 Å². The van der Waals surface area contributed by atoms with Crippen LogP contribution in [0.15, 0.2) is 23.1 Å². The van der Waals surface area contributed by atoms with E-state index in [2.05, 4.69) is 10.2 Å². The summed E-state index contributed by atoms with van der Waals surface area (Å²) in [6.07, 6.45) is 1.15. The molecule has 1 N–H and O–H groups in total. The molecule has 0 aromatic heterocycles. The standard InChI is InChI=1S/C15H22ClN3O2S/c1-12-14(16)3-2-4-15(12)22(20,21)19-9-7-18(8-10-19)13-5-6-17-11-13/h2-4,13,17H,5-11H2,1H3. The Balaban J connectivity index is 1.73. The minimum Gasteiger partial charge on any atom is -0.315 e. The summed E-state index contributed by atoms with van der Waals surface area (Å²) in [5.41, 5.74) is 0.631. The molecule has 1 atom stereocenters. The quantitative estimate of drug-likeness (QED) is 0.899. The minimum atomic E-state index is -3.46. The summed E-state index contributed by atoms with van der Waals surface area (Å²) in [5, 5.41) is 3.86. The number of nitrogens with zero attached hydrogens (tertiary/aromatic N) is 2. The molecule has 0 saturated carbocycles. The molecule has 122 valence electrons. The van der Waals surface area contributed by atoms with E-state index in [-0.39, 0.29) is 0 Å². The fraction of sp³-hybridized carbons (Fsp3) is 0.600. The molecule has 7 heteroatoms. The Bertz CT molecular complexity index is 636. The lowest BCUT2D eigenvalue weighted by atomic mass is 10.2. The average Bonchev–Trinajstić information content (AvgIpc) is 3.04. The maximum atomic E-state index is 12.8. The van der Waals surface area contributed by atoms with Gasteiger partial charge in [0, 0.05) is 43.8 Å². The lowest BCUT2D eigenvalue weighted by molar-refractivity contribution is 0.145. The molecule has 2 saturated heterocycles. The highest BCUT2D eigenvalue weighted by Gasteiger charge is 2.32. The second kappa shape index (κ2) is 6.45. The minimum absolute atomic E-state index is 0.330. The Kier molecular flexibility index (Phi) is 4.75. The van der Waals surface area contributed by atoms with Crippen LogP contribution in [0.25, 0.3) is 0 Å². The molecule has 0 aliphatic carbocycles. The smallest absolute Gasteiger partial charge is 0.243 e. The van der Waals surface area contributed by atoms with Gasteiger partial charge in [0.2, 0.25) is 10.0 Å². The van der Waals surface area contributed by atoms with Crippen molar-refractivity contribution in [1.29, 1.82) is 0 Å². The van der Waals surface area contributed by atoms with Crippen molar-refractivity contribution in [3.8, 4) is 0 Å². The van der Waals surface area contributed by atoms with Gasteiger partial charge in [-0.25, -0.2) is 8.42 Å². The number of sulfonamides is 1. The van der Waals surface area contributed by atoms with Crippen LogP contribution in [0.5, 0.6) is 0 Å². The highest BCUT2D eigenvalue weighted by molar-refractivity contribution is 7.89. The zero-order valence-corrected chi connectivity index (χ0v) is 14.3. The summed E-state index contributed by atoms with van der Waals surface area (Å²) < 4.78 is 27.2. The summed E-state index contributed by atoms with van der Waals surface area (Å²) in [7, 11) is -3.46. The van der Waals surface area contributed by atoms with Gasteiger partial charge in [-0.15, -0.1) is 0 Å². The van der Waals surface area contributed by atoms with Crippen LogP contribution in [0.2, 0.25) is 5.02 Å². The van der Waals surface area contributed by atoms with Gasteiger partial charge in [0.15, 0.2) is 0 Å². The van der Waals surface area contributed by atoms with Gasteiger partial charge < -0.3 is 5.32 Å². The molecule has 1 aromatic rings. The predicted octanol–water partition coefficient (Wildman–Crippen LogP) is 1.32. The van der Waals surface area contributed by atoms with Crippen molar-refractivity contribution < 1.29 is 8.42 Å². The topological polar surface area (TPSA) is 52.7 Å². The predicted molar refractivity (Wildman–Crippen MR) is 87.8 cm³/mol. The monoisotopic (exact) mass is 343 g/mol. The number of halogens is 1. The average molecular weight is 344 g/mol. The van der Waals surface area contributed by atoms with Crippen molar-refractivity contribution in [3.63, 3.8) is 0 Å². The van der Waals surface area contributed by atoms with E-state index in [1.807, 2.05) is 0 Å². The number of rotatable bonds is 3. The summed E-state index contributed by atoms with van der Waals surface area (Å²) >= 11 is 6.07. The third kappa shape index (κ3) is 3.03. The number of piperazine rings is 1. The van der Waals surface area contributed by atoms with Gasteiger partial charge in [-0.2, -0.15) is 4.31 Å². The zero-order valence-electron chi connectivity index (χ0n) is 12.8. The molecule has 3 rings (SSSR count). The molecule has 1 aromatic carbocycles. The van der Waals surface area contributed by atoms with Gasteiger partial charge in [0.25, 0.3) is 0 Å². The van der Waals surface area contributed by atoms with Gasteiger partial charge >= 0.3 is 0 Å². The van der Waals surface area contributed by atoms with Crippen LogP contribution in [0, 0.1) is 6.92 Å². The third-order valence-electron chi connectivity index (χ3n) is 4.66. The summed E-state index contributed by atoms with van der Waals surface area (Å²) in [6.45, 7) is 6.52. The van der Waals surface area contributed by atoms with Crippen LogP contribution in [-0.4, -0.2) is 62.9 Å². The Hall–Kier alpha value is -0.660. The number of nitrogens with one attached hydrogen (secondary N) is 1. The van der Waals surface area contributed by atoms with Gasteiger partial charge in [-0.3, -0.25) is 4.90 Å². The van der Waals surface area contributed by atoms with E-state index in [4.69, 9.17) is 11.6 Å². The van der Waals surface area contributed by atoms with Gasteiger partial charge in [0.1, 0.15) is 0 Å². The molecule has 2 fully saturated rings. The molecule has 22 heavy (non-hydrogen) atoms. The van der Waals surface area contributed by atoms with E-state index >= 15 is 0 Å². The highest BCUT2D eigenvalue weighted by atomic mass is 35.5. The fourth-order valence-electron chi connectivity index (χ4n) is 3.27. The zero-order chi connectivity index (χ0) is 15.7. The molecule has 2 aliphatic heterocycles. The van der Waals surface area contributed by atoms with E-state index < -0.39 is 10.0 Å². The van der Waals surface area contributed by atoms with Gasteiger partial charge in [0.05, 0.1) is 4.90 Å². The summed E-state index contributed by atoms with van der Waals surface area (Å²) in [6, 6.07) is 5.62. The number of benzene rings is 1. The first-order chi connectivity index (χ1) is 10.5. The SMILES string of the molecule is Cc1c(Cl)cccc1S(=O)(=O)N1CCN(C2CCNC2)CC1.